The molecule has 0 heterocycles. The Kier molecular flexibility index (Phi) is 56.4. The molecule has 0 amide bonds. The molecule has 6 nitrogen and oxygen atoms in total. The average molecular weight is 1010 g/mol. The average Bonchev–Trinajstić information content (AvgIpc) is 3.39. The fourth-order valence-electron chi connectivity index (χ4n) is 7.77. The van der Waals surface area contributed by atoms with Crippen LogP contribution in [-0.4, -0.2) is 37.2 Å². The molecule has 0 N–H and O–H groups in total. The van der Waals surface area contributed by atoms with E-state index in [0.29, 0.717) is 12.8 Å². The zero-order valence-electron chi connectivity index (χ0n) is 47.1. The molecule has 0 aliphatic rings. The zero-order valence-corrected chi connectivity index (χ0v) is 47.1. The first-order chi connectivity index (χ1) is 36.0. The highest BCUT2D eigenvalue weighted by molar-refractivity contribution is 5.71. The number of hydrogen-bond acceptors (Lipinski definition) is 6. The lowest BCUT2D eigenvalue weighted by molar-refractivity contribution is -0.167. The molecule has 412 valence electrons. The Labute approximate surface area is 449 Å². The molecule has 1 atom stereocenters. The Morgan fingerprint density at radius 2 is 0.534 bits per heavy atom. The van der Waals surface area contributed by atoms with Gasteiger partial charge in [0.15, 0.2) is 6.10 Å². The van der Waals surface area contributed by atoms with Gasteiger partial charge in [-0.15, -0.1) is 0 Å². The van der Waals surface area contributed by atoms with Gasteiger partial charge in [-0.25, -0.2) is 0 Å². The van der Waals surface area contributed by atoms with Gasteiger partial charge in [-0.2, -0.15) is 0 Å². The molecular weight excluding hydrogens is 901 g/mol. The van der Waals surface area contributed by atoms with Gasteiger partial charge in [-0.1, -0.05) is 251 Å². The number of allylic oxidation sites excluding steroid dienone is 22. The van der Waals surface area contributed by atoms with E-state index >= 15 is 0 Å². The Bertz CT molecular complexity index is 1580. The van der Waals surface area contributed by atoms with Crippen molar-refractivity contribution in [3.05, 3.63) is 134 Å². The van der Waals surface area contributed by atoms with Crippen molar-refractivity contribution in [3.63, 3.8) is 0 Å². The van der Waals surface area contributed by atoms with Gasteiger partial charge in [0.05, 0.1) is 0 Å². The van der Waals surface area contributed by atoms with Gasteiger partial charge < -0.3 is 14.2 Å². The third-order valence-corrected chi connectivity index (χ3v) is 12.2. The Balaban J connectivity index is 4.47. The largest absolute Gasteiger partial charge is 0.462 e. The summed E-state index contributed by atoms with van der Waals surface area (Å²) < 4.78 is 16.8. The summed E-state index contributed by atoms with van der Waals surface area (Å²) in [6.45, 7) is 6.36. The molecule has 0 fully saturated rings. The molecule has 0 saturated heterocycles. The summed E-state index contributed by atoms with van der Waals surface area (Å²) in [5.41, 5.74) is 0. The van der Waals surface area contributed by atoms with Gasteiger partial charge >= 0.3 is 17.9 Å². The van der Waals surface area contributed by atoms with Crippen LogP contribution < -0.4 is 0 Å². The van der Waals surface area contributed by atoms with Crippen LogP contribution in [-0.2, 0) is 28.6 Å². The minimum atomic E-state index is -0.809. The van der Waals surface area contributed by atoms with E-state index in [2.05, 4.69) is 154 Å². The first-order valence-electron chi connectivity index (χ1n) is 29.7. The fraction of sp³-hybridized carbons (Fsp3) is 0.627. The van der Waals surface area contributed by atoms with E-state index in [1.165, 1.54) is 64.2 Å². The van der Waals surface area contributed by atoms with Crippen molar-refractivity contribution in [1.82, 2.24) is 0 Å². The maximum Gasteiger partial charge on any atom is 0.306 e. The highest BCUT2D eigenvalue weighted by Gasteiger charge is 2.19. The van der Waals surface area contributed by atoms with E-state index in [4.69, 9.17) is 14.2 Å². The summed E-state index contributed by atoms with van der Waals surface area (Å²) in [5, 5.41) is 0. The lowest BCUT2D eigenvalue weighted by Gasteiger charge is -2.18. The van der Waals surface area contributed by atoms with Crippen molar-refractivity contribution in [2.24, 2.45) is 0 Å². The van der Waals surface area contributed by atoms with Crippen LogP contribution in [0.15, 0.2) is 134 Å². The van der Waals surface area contributed by atoms with Gasteiger partial charge in [0.1, 0.15) is 13.2 Å². The van der Waals surface area contributed by atoms with Crippen molar-refractivity contribution >= 4 is 17.9 Å². The maximum absolute atomic E-state index is 12.9. The normalized spacial score (nSPS) is 13.1. The quantitative estimate of drug-likeness (QED) is 0.0261. The van der Waals surface area contributed by atoms with Crippen molar-refractivity contribution in [2.45, 2.75) is 258 Å². The Morgan fingerprint density at radius 3 is 0.849 bits per heavy atom. The van der Waals surface area contributed by atoms with Gasteiger partial charge in [0.25, 0.3) is 0 Å². The number of carbonyl (C=O) groups is 3. The SMILES string of the molecule is CC/C=C\C/C=C\C/C=C\C/C=C\C/C=C\C/C=C\C/C=C\CCCCCC(=O)OCC(COC(=O)CCCCCCCCCCCCCCC)OC(=O)CCCCCC/C=C\C/C=C\C/C=C\C/C=C\CC. The molecule has 1 unspecified atom stereocenters. The van der Waals surface area contributed by atoms with E-state index in [9.17, 15) is 14.4 Å². The number of unbranched alkanes of at least 4 members (excludes halogenated alkanes) is 19. The van der Waals surface area contributed by atoms with E-state index in [0.717, 1.165) is 148 Å². The van der Waals surface area contributed by atoms with Crippen molar-refractivity contribution in [2.75, 3.05) is 13.2 Å². The minimum Gasteiger partial charge on any atom is -0.462 e. The first kappa shape index (κ1) is 68.6. The number of rotatable bonds is 52. The van der Waals surface area contributed by atoms with Crippen molar-refractivity contribution in [3.8, 4) is 0 Å². The predicted molar refractivity (Wildman–Crippen MR) is 316 cm³/mol. The number of hydrogen-bond donors (Lipinski definition) is 0. The molecule has 73 heavy (non-hydrogen) atoms. The molecule has 0 aromatic rings. The monoisotopic (exact) mass is 1010 g/mol. The van der Waals surface area contributed by atoms with Crippen molar-refractivity contribution in [1.29, 1.82) is 0 Å². The van der Waals surface area contributed by atoms with Crippen LogP contribution in [0.2, 0.25) is 0 Å². The fourth-order valence-corrected chi connectivity index (χ4v) is 7.77. The molecule has 6 heteroatoms. The molecule has 0 saturated carbocycles. The van der Waals surface area contributed by atoms with Gasteiger partial charge in [0, 0.05) is 19.3 Å². The minimum absolute atomic E-state index is 0.101. The second kappa shape index (κ2) is 60.1. The molecule has 0 aliphatic heterocycles. The van der Waals surface area contributed by atoms with Gasteiger partial charge in [0.2, 0.25) is 0 Å². The summed E-state index contributed by atoms with van der Waals surface area (Å²) in [6, 6.07) is 0. The highest BCUT2D eigenvalue weighted by atomic mass is 16.6. The van der Waals surface area contributed by atoms with Crippen LogP contribution in [0.4, 0.5) is 0 Å². The van der Waals surface area contributed by atoms with E-state index in [1.807, 2.05) is 0 Å². The lowest BCUT2D eigenvalue weighted by atomic mass is 10.0. The summed E-state index contributed by atoms with van der Waals surface area (Å²) in [5.74, 6) is -0.961. The second-order valence-electron chi connectivity index (χ2n) is 19.1. The van der Waals surface area contributed by atoms with E-state index in [-0.39, 0.29) is 37.5 Å². The number of carbonyl (C=O) groups excluding carboxylic acids is 3. The standard InChI is InChI=1S/C67H108O6/c1-4-7-10-13-16-19-22-25-27-29-30-31-32-33-34-35-36-38-39-42-45-48-51-54-57-60-66(69)72-63-64(62-71-65(68)59-56-53-50-47-44-41-24-21-18-15-12-9-6-3)73-67(70)61-58-55-52-49-46-43-40-37-28-26-23-20-17-14-11-8-5-2/h7-8,10-11,16-17,19-20,25-28,30-31,33-34,36,38,40,42-43,45,64H,4-6,9,12-15,18,21-24,29,32,35,37,39,41,44,46-63H2,1-3H3/b10-7-,11-8-,19-16-,20-17-,27-25-,28-26-,31-30-,34-33-,38-36-,43-40-,45-42-. The summed E-state index contributed by atoms with van der Waals surface area (Å²) in [7, 11) is 0. The topological polar surface area (TPSA) is 78.9 Å². The molecular formula is C67H108O6. The Morgan fingerprint density at radius 1 is 0.288 bits per heavy atom. The van der Waals surface area contributed by atoms with Crippen molar-refractivity contribution < 1.29 is 28.6 Å². The zero-order chi connectivity index (χ0) is 52.9. The lowest BCUT2D eigenvalue weighted by Crippen LogP contribution is -2.30. The second-order valence-corrected chi connectivity index (χ2v) is 19.1. The molecule has 0 bridgehead atoms. The molecule has 0 spiro atoms. The number of esters is 3. The summed E-state index contributed by atoms with van der Waals surface area (Å²) >= 11 is 0. The molecule has 0 aromatic heterocycles. The summed E-state index contributed by atoms with van der Waals surface area (Å²) in [4.78, 5) is 38.2. The smallest absolute Gasteiger partial charge is 0.306 e. The third kappa shape index (κ3) is 58.3. The van der Waals surface area contributed by atoms with Crippen LogP contribution in [0.3, 0.4) is 0 Å². The van der Waals surface area contributed by atoms with Crippen LogP contribution in [0.5, 0.6) is 0 Å². The molecule has 0 aromatic carbocycles. The van der Waals surface area contributed by atoms with Crippen LogP contribution >= 0.6 is 0 Å². The van der Waals surface area contributed by atoms with Crippen LogP contribution in [0.1, 0.15) is 252 Å². The maximum atomic E-state index is 12.9. The van der Waals surface area contributed by atoms with E-state index in [1.54, 1.807) is 0 Å². The van der Waals surface area contributed by atoms with E-state index < -0.39 is 6.10 Å². The summed E-state index contributed by atoms with van der Waals surface area (Å²) in [6.07, 6.45) is 84.4. The molecule has 0 aliphatic carbocycles. The molecule has 0 radical (unpaired) electrons. The van der Waals surface area contributed by atoms with Gasteiger partial charge in [-0.05, 0) is 116 Å². The number of ether oxygens (including phenoxy) is 3. The molecule has 0 rings (SSSR count). The first-order valence-corrected chi connectivity index (χ1v) is 29.7. The predicted octanol–water partition coefficient (Wildman–Crippen LogP) is 20.2. The highest BCUT2D eigenvalue weighted by Crippen LogP contribution is 2.15. The van der Waals surface area contributed by atoms with Gasteiger partial charge in [-0.3, -0.25) is 14.4 Å². The van der Waals surface area contributed by atoms with Crippen LogP contribution in [0, 0.1) is 0 Å². The van der Waals surface area contributed by atoms with Crippen LogP contribution in [0.25, 0.3) is 0 Å². The third-order valence-electron chi connectivity index (χ3n) is 12.2. The Hall–Kier alpha value is -4.45.